The SMILES string of the molecule is COc1nc2cc(C(N)=O)ncc2n1CCC1CCCCC1. The molecule has 0 unspecified atom stereocenters. The van der Waals surface area contributed by atoms with E-state index in [2.05, 4.69) is 9.97 Å². The van der Waals surface area contributed by atoms with Crippen LogP contribution in [0.3, 0.4) is 0 Å². The van der Waals surface area contributed by atoms with Crippen molar-refractivity contribution in [2.45, 2.75) is 45.1 Å². The highest BCUT2D eigenvalue weighted by Crippen LogP contribution is 2.29. The van der Waals surface area contributed by atoms with E-state index in [0.29, 0.717) is 11.5 Å². The average Bonchev–Trinajstić information content (AvgIpc) is 2.90. The van der Waals surface area contributed by atoms with Gasteiger partial charge in [-0.15, -0.1) is 0 Å². The first kappa shape index (κ1) is 14.8. The largest absolute Gasteiger partial charge is 0.468 e. The standard InChI is InChI=1S/C16H22N4O2/c1-22-16-19-12-9-13(15(17)21)18-10-14(12)20(16)8-7-11-5-3-2-4-6-11/h9-11H,2-8H2,1H3,(H2,17,21). The van der Waals surface area contributed by atoms with Gasteiger partial charge in [0.25, 0.3) is 11.9 Å². The van der Waals surface area contributed by atoms with Crippen LogP contribution in [0.1, 0.15) is 49.0 Å². The quantitative estimate of drug-likeness (QED) is 0.920. The van der Waals surface area contributed by atoms with Gasteiger partial charge in [0, 0.05) is 6.54 Å². The maximum Gasteiger partial charge on any atom is 0.297 e. The molecule has 1 aliphatic carbocycles. The summed E-state index contributed by atoms with van der Waals surface area (Å²) < 4.78 is 7.42. The Morgan fingerprint density at radius 2 is 2.18 bits per heavy atom. The summed E-state index contributed by atoms with van der Waals surface area (Å²) >= 11 is 0. The Morgan fingerprint density at radius 3 is 2.86 bits per heavy atom. The molecule has 1 saturated carbocycles. The molecule has 2 heterocycles. The molecule has 6 heteroatoms. The van der Waals surface area contributed by atoms with E-state index in [1.54, 1.807) is 19.4 Å². The molecule has 2 aromatic rings. The summed E-state index contributed by atoms with van der Waals surface area (Å²) in [6, 6.07) is 2.19. The number of fused-ring (bicyclic) bond motifs is 1. The van der Waals surface area contributed by atoms with Crippen LogP contribution in [0.4, 0.5) is 0 Å². The van der Waals surface area contributed by atoms with Crippen LogP contribution >= 0.6 is 0 Å². The van der Waals surface area contributed by atoms with Gasteiger partial charge >= 0.3 is 0 Å². The van der Waals surface area contributed by atoms with E-state index in [0.717, 1.165) is 24.4 Å². The summed E-state index contributed by atoms with van der Waals surface area (Å²) in [4.78, 5) is 19.8. The molecule has 1 aliphatic rings. The number of nitrogens with zero attached hydrogens (tertiary/aromatic N) is 3. The Hall–Kier alpha value is -2.11. The van der Waals surface area contributed by atoms with Crippen molar-refractivity contribution in [1.82, 2.24) is 14.5 Å². The Balaban J connectivity index is 1.85. The molecule has 118 valence electrons. The topological polar surface area (TPSA) is 83.0 Å². The fourth-order valence-electron chi connectivity index (χ4n) is 3.30. The minimum Gasteiger partial charge on any atom is -0.468 e. The Morgan fingerprint density at radius 1 is 1.41 bits per heavy atom. The van der Waals surface area contributed by atoms with Crippen molar-refractivity contribution in [2.24, 2.45) is 11.7 Å². The van der Waals surface area contributed by atoms with E-state index in [4.69, 9.17) is 10.5 Å². The van der Waals surface area contributed by atoms with Crippen LogP contribution in [-0.2, 0) is 6.54 Å². The number of pyridine rings is 1. The molecular formula is C16H22N4O2. The first-order valence-electron chi connectivity index (χ1n) is 7.89. The van der Waals surface area contributed by atoms with Crippen molar-refractivity contribution in [3.05, 3.63) is 18.0 Å². The normalized spacial score (nSPS) is 16.0. The zero-order valence-corrected chi connectivity index (χ0v) is 12.9. The predicted molar refractivity (Wildman–Crippen MR) is 83.8 cm³/mol. The van der Waals surface area contributed by atoms with Gasteiger partial charge in [-0.3, -0.25) is 9.36 Å². The van der Waals surface area contributed by atoms with Gasteiger partial charge < -0.3 is 10.5 Å². The number of primary amides is 1. The van der Waals surface area contributed by atoms with E-state index < -0.39 is 5.91 Å². The number of hydrogen-bond acceptors (Lipinski definition) is 4. The number of rotatable bonds is 5. The molecule has 0 bridgehead atoms. The Labute approximate surface area is 129 Å². The Kier molecular flexibility index (Phi) is 4.27. The second-order valence-electron chi connectivity index (χ2n) is 5.97. The van der Waals surface area contributed by atoms with Crippen molar-refractivity contribution in [3.63, 3.8) is 0 Å². The lowest BCUT2D eigenvalue weighted by Crippen LogP contribution is -2.13. The highest BCUT2D eigenvalue weighted by atomic mass is 16.5. The highest BCUT2D eigenvalue weighted by molar-refractivity contribution is 5.94. The van der Waals surface area contributed by atoms with Gasteiger partial charge in [-0.2, -0.15) is 4.98 Å². The van der Waals surface area contributed by atoms with Crippen LogP contribution < -0.4 is 10.5 Å². The number of carbonyl (C=O) groups is 1. The van der Waals surface area contributed by atoms with Crippen LogP contribution in [0.25, 0.3) is 11.0 Å². The number of imidazole rings is 1. The lowest BCUT2D eigenvalue weighted by atomic mass is 9.87. The van der Waals surface area contributed by atoms with E-state index >= 15 is 0 Å². The van der Waals surface area contributed by atoms with Crippen molar-refractivity contribution >= 4 is 16.9 Å². The summed E-state index contributed by atoms with van der Waals surface area (Å²) in [7, 11) is 1.61. The first-order valence-corrected chi connectivity index (χ1v) is 7.89. The molecule has 0 atom stereocenters. The smallest absolute Gasteiger partial charge is 0.297 e. The molecule has 0 aliphatic heterocycles. The minimum absolute atomic E-state index is 0.229. The second kappa shape index (κ2) is 6.34. The van der Waals surface area contributed by atoms with Gasteiger partial charge in [0.05, 0.1) is 24.3 Å². The van der Waals surface area contributed by atoms with E-state index in [1.807, 2.05) is 4.57 Å². The van der Waals surface area contributed by atoms with Crippen molar-refractivity contribution < 1.29 is 9.53 Å². The summed E-state index contributed by atoms with van der Waals surface area (Å²) in [6.07, 6.45) is 9.48. The van der Waals surface area contributed by atoms with Gasteiger partial charge in [0.15, 0.2) is 0 Å². The van der Waals surface area contributed by atoms with Crippen LogP contribution in [0.2, 0.25) is 0 Å². The molecule has 1 fully saturated rings. The summed E-state index contributed by atoms with van der Waals surface area (Å²) in [5, 5.41) is 0. The molecule has 0 radical (unpaired) electrons. The molecule has 3 rings (SSSR count). The molecule has 0 aromatic carbocycles. The molecule has 2 aromatic heterocycles. The maximum atomic E-state index is 11.2. The van der Waals surface area contributed by atoms with Crippen LogP contribution in [0, 0.1) is 5.92 Å². The lowest BCUT2D eigenvalue weighted by Gasteiger charge is -2.21. The lowest BCUT2D eigenvalue weighted by molar-refractivity contribution is 0.0995. The number of nitrogens with two attached hydrogens (primary N) is 1. The molecule has 1 amide bonds. The average molecular weight is 302 g/mol. The number of amides is 1. The number of ether oxygens (including phenoxy) is 1. The number of hydrogen-bond donors (Lipinski definition) is 1. The monoisotopic (exact) mass is 302 g/mol. The molecule has 6 nitrogen and oxygen atoms in total. The van der Waals surface area contributed by atoms with E-state index in [9.17, 15) is 4.79 Å². The van der Waals surface area contributed by atoms with E-state index in [1.165, 1.54) is 32.1 Å². The summed E-state index contributed by atoms with van der Waals surface area (Å²) in [5.74, 6) is 0.242. The number of carbonyl (C=O) groups excluding carboxylic acids is 1. The zero-order valence-electron chi connectivity index (χ0n) is 12.9. The fourth-order valence-corrected chi connectivity index (χ4v) is 3.30. The minimum atomic E-state index is -0.544. The molecule has 0 saturated heterocycles. The number of aryl methyl sites for hydroxylation is 1. The third-order valence-electron chi connectivity index (χ3n) is 4.52. The second-order valence-corrected chi connectivity index (χ2v) is 5.97. The van der Waals surface area contributed by atoms with Gasteiger partial charge in [0.1, 0.15) is 5.69 Å². The third-order valence-corrected chi connectivity index (χ3v) is 4.52. The number of methoxy groups -OCH3 is 1. The fraction of sp³-hybridized carbons (Fsp3) is 0.562. The predicted octanol–water partition coefficient (Wildman–Crippen LogP) is 2.51. The van der Waals surface area contributed by atoms with Crippen LogP contribution in [0.5, 0.6) is 6.01 Å². The van der Waals surface area contributed by atoms with Gasteiger partial charge in [0.2, 0.25) is 0 Å². The van der Waals surface area contributed by atoms with Crippen LogP contribution in [-0.4, -0.2) is 27.6 Å². The summed E-state index contributed by atoms with van der Waals surface area (Å²) in [5.41, 5.74) is 7.08. The highest BCUT2D eigenvalue weighted by Gasteiger charge is 2.17. The molecule has 22 heavy (non-hydrogen) atoms. The van der Waals surface area contributed by atoms with Crippen LogP contribution in [0.15, 0.2) is 12.3 Å². The maximum absolute atomic E-state index is 11.2. The van der Waals surface area contributed by atoms with Gasteiger partial charge in [-0.05, 0) is 18.4 Å². The first-order chi connectivity index (χ1) is 10.7. The van der Waals surface area contributed by atoms with E-state index in [-0.39, 0.29) is 5.69 Å². The van der Waals surface area contributed by atoms with Crippen molar-refractivity contribution in [2.75, 3.05) is 7.11 Å². The third kappa shape index (κ3) is 2.91. The molecular weight excluding hydrogens is 280 g/mol. The molecule has 2 N–H and O–H groups in total. The van der Waals surface area contributed by atoms with Gasteiger partial charge in [-0.25, -0.2) is 4.98 Å². The number of aromatic nitrogens is 3. The van der Waals surface area contributed by atoms with Gasteiger partial charge in [-0.1, -0.05) is 32.1 Å². The van der Waals surface area contributed by atoms with Crippen molar-refractivity contribution in [3.8, 4) is 6.01 Å². The van der Waals surface area contributed by atoms with Crippen molar-refractivity contribution in [1.29, 1.82) is 0 Å². The summed E-state index contributed by atoms with van der Waals surface area (Å²) in [6.45, 7) is 0.863. The zero-order chi connectivity index (χ0) is 15.5. The Bertz CT molecular complexity index is 674. The molecule has 0 spiro atoms.